The molecule has 4 nitrogen and oxygen atoms in total. The number of nitrogens with one attached hydrogen (secondary N) is 1. The zero-order chi connectivity index (χ0) is 13.0. The van der Waals surface area contributed by atoms with E-state index in [4.69, 9.17) is 0 Å². The van der Waals surface area contributed by atoms with Gasteiger partial charge in [0, 0.05) is 19.1 Å². The Bertz CT molecular complexity index is 391. The van der Waals surface area contributed by atoms with Crippen molar-refractivity contribution in [3.05, 3.63) is 17.8 Å². The van der Waals surface area contributed by atoms with Gasteiger partial charge < -0.3 is 10.2 Å². The van der Waals surface area contributed by atoms with Crippen molar-refractivity contribution in [2.45, 2.75) is 39.2 Å². The number of hydrogen-bond acceptors (Lipinski definition) is 4. The van der Waals surface area contributed by atoms with E-state index in [0.29, 0.717) is 17.6 Å². The minimum absolute atomic E-state index is 0.281. The molecule has 1 aromatic heterocycles. The fourth-order valence-corrected chi connectivity index (χ4v) is 2.45. The van der Waals surface area contributed by atoms with Gasteiger partial charge in [0.25, 0.3) is 0 Å². The molecule has 0 spiro atoms. The fourth-order valence-electron chi connectivity index (χ4n) is 2.45. The van der Waals surface area contributed by atoms with Crippen LogP contribution >= 0.6 is 0 Å². The normalized spacial score (nSPS) is 19.8. The summed E-state index contributed by atoms with van der Waals surface area (Å²) in [4.78, 5) is 10.1. The van der Waals surface area contributed by atoms with Crippen molar-refractivity contribution in [2.75, 3.05) is 24.5 Å². The van der Waals surface area contributed by atoms with E-state index in [-0.39, 0.29) is 5.82 Å². The van der Waals surface area contributed by atoms with Crippen LogP contribution in [0.15, 0.2) is 6.33 Å². The molecule has 0 radical (unpaired) electrons. The Morgan fingerprint density at radius 2 is 2.33 bits per heavy atom. The van der Waals surface area contributed by atoms with E-state index >= 15 is 0 Å². The summed E-state index contributed by atoms with van der Waals surface area (Å²) in [6.45, 7) is 6.59. The molecule has 5 heteroatoms. The van der Waals surface area contributed by atoms with Crippen molar-refractivity contribution >= 4 is 5.82 Å². The van der Waals surface area contributed by atoms with E-state index in [2.05, 4.69) is 27.1 Å². The second kappa shape index (κ2) is 6.09. The maximum atomic E-state index is 14.1. The Kier molecular flexibility index (Phi) is 4.47. The third-order valence-electron chi connectivity index (χ3n) is 3.39. The van der Waals surface area contributed by atoms with Crippen LogP contribution in [0.25, 0.3) is 0 Å². The lowest BCUT2D eigenvalue weighted by Crippen LogP contribution is -2.47. The molecule has 2 rings (SSSR count). The third-order valence-corrected chi connectivity index (χ3v) is 3.39. The quantitative estimate of drug-likeness (QED) is 0.888. The molecule has 1 aliphatic rings. The zero-order valence-corrected chi connectivity index (χ0v) is 11.1. The maximum absolute atomic E-state index is 14.1. The van der Waals surface area contributed by atoms with E-state index in [1.54, 1.807) is 6.92 Å². The predicted molar refractivity (Wildman–Crippen MR) is 70.3 cm³/mol. The summed E-state index contributed by atoms with van der Waals surface area (Å²) in [5.41, 5.74) is 0.421. The van der Waals surface area contributed by atoms with Crippen molar-refractivity contribution in [1.29, 1.82) is 0 Å². The van der Waals surface area contributed by atoms with E-state index in [9.17, 15) is 4.39 Å². The zero-order valence-electron chi connectivity index (χ0n) is 11.1. The average Bonchev–Trinajstić information content (AvgIpc) is 2.41. The highest BCUT2D eigenvalue weighted by atomic mass is 19.1. The lowest BCUT2D eigenvalue weighted by atomic mass is 10.1. The van der Waals surface area contributed by atoms with Crippen LogP contribution in [0.3, 0.4) is 0 Å². The SMILES string of the molecule is CCCN(c1ncnc(C)c1F)C1CCCNC1. The van der Waals surface area contributed by atoms with Crippen LogP contribution in [-0.2, 0) is 0 Å². The number of halogens is 1. The van der Waals surface area contributed by atoms with E-state index < -0.39 is 0 Å². The molecular weight excluding hydrogens is 231 g/mol. The summed E-state index contributed by atoms with van der Waals surface area (Å²) in [7, 11) is 0. The Balaban J connectivity index is 2.25. The van der Waals surface area contributed by atoms with Gasteiger partial charge in [0.1, 0.15) is 6.33 Å². The van der Waals surface area contributed by atoms with E-state index in [1.165, 1.54) is 6.33 Å². The Morgan fingerprint density at radius 1 is 1.50 bits per heavy atom. The van der Waals surface area contributed by atoms with Gasteiger partial charge >= 0.3 is 0 Å². The lowest BCUT2D eigenvalue weighted by molar-refractivity contribution is 0.423. The number of rotatable bonds is 4. The average molecular weight is 252 g/mol. The molecule has 1 atom stereocenters. The number of aryl methyl sites for hydroxylation is 1. The molecule has 1 N–H and O–H groups in total. The predicted octanol–water partition coefficient (Wildman–Crippen LogP) is 1.89. The first kappa shape index (κ1) is 13.2. The van der Waals surface area contributed by atoms with Crippen molar-refractivity contribution < 1.29 is 4.39 Å². The molecule has 1 fully saturated rings. The summed E-state index contributed by atoms with van der Waals surface area (Å²) >= 11 is 0. The molecule has 2 heterocycles. The fraction of sp³-hybridized carbons (Fsp3) is 0.692. The first-order valence-electron chi connectivity index (χ1n) is 6.68. The number of anilines is 1. The molecule has 0 saturated carbocycles. The van der Waals surface area contributed by atoms with Gasteiger partial charge in [0.2, 0.25) is 0 Å². The molecule has 0 aliphatic carbocycles. The molecule has 1 unspecified atom stereocenters. The van der Waals surface area contributed by atoms with Crippen LogP contribution in [0, 0.1) is 12.7 Å². The first-order valence-corrected chi connectivity index (χ1v) is 6.68. The topological polar surface area (TPSA) is 41.1 Å². The van der Waals surface area contributed by atoms with E-state index in [0.717, 1.165) is 38.9 Å². The second-order valence-corrected chi connectivity index (χ2v) is 4.79. The van der Waals surface area contributed by atoms with Crippen LogP contribution in [0.4, 0.5) is 10.2 Å². The molecule has 1 saturated heterocycles. The third kappa shape index (κ3) is 2.77. The number of hydrogen-bond donors (Lipinski definition) is 1. The summed E-state index contributed by atoms with van der Waals surface area (Å²) in [6, 6.07) is 0.336. The smallest absolute Gasteiger partial charge is 0.186 e. The molecule has 18 heavy (non-hydrogen) atoms. The lowest BCUT2D eigenvalue weighted by Gasteiger charge is -2.35. The number of nitrogens with zero attached hydrogens (tertiary/aromatic N) is 3. The van der Waals surface area contributed by atoms with Crippen molar-refractivity contribution in [2.24, 2.45) is 0 Å². The first-order chi connectivity index (χ1) is 8.74. The second-order valence-electron chi connectivity index (χ2n) is 4.79. The molecule has 0 amide bonds. The summed E-state index contributed by atoms with van der Waals surface area (Å²) in [5.74, 6) is 0.176. The standard InChI is InChI=1S/C13H21FN4/c1-3-7-18(11-5-4-6-15-8-11)13-12(14)10(2)16-9-17-13/h9,11,15H,3-8H2,1-2H3. The Morgan fingerprint density at radius 3 is 3.00 bits per heavy atom. The number of aromatic nitrogens is 2. The van der Waals surface area contributed by atoms with Gasteiger partial charge in [-0.05, 0) is 32.7 Å². The minimum Gasteiger partial charge on any atom is -0.350 e. The van der Waals surface area contributed by atoms with Gasteiger partial charge in [-0.3, -0.25) is 0 Å². The van der Waals surface area contributed by atoms with Gasteiger partial charge in [-0.2, -0.15) is 0 Å². The van der Waals surface area contributed by atoms with Gasteiger partial charge in [-0.25, -0.2) is 14.4 Å². The van der Waals surface area contributed by atoms with Crippen LogP contribution in [0.5, 0.6) is 0 Å². The van der Waals surface area contributed by atoms with Crippen LogP contribution in [0.1, 0.15) is 31.9 Å². The van der Waals surface area contributed by atoms with Crippen molar-refractivity contribution in [3.63, 3.8) is 0 Å². The molecule has 0 bridgehead atoms. The minimum atomic E-state index is -0.281. The highest BCUT2D eigenvalue weighted by Crippen LogP contribution is 2.22. The van der Waals surface area contributed by atoms with Gasteiger partial charge in [-0.15, -0.1) is 0 Å². The van der Waals surface area contributed by atoms with E-state index in [1.807, 2.05) is 0 Å². The maximum Gasteiger partial charge on any atom is 0.186 e. The summed E-state index contributed by atoms with van der Waals surface area (Å²) < 4.78 is 14.1. The highest BCUT2D eigenvalue weighted by molar-refractivity contribution is 5.42. The molecule has 1 aliphatic heterocycles. The molecule has 0 aromatic carbocycles. The Hall–Kier alpha value is -1.23. The molecule has 1 aromatic rings. The molecular formula is C13H21FN4. The Labute approximate surface area is 108 Å². The van der Waals surface area contributed by atoms with Crippen LogP contribution in [0.2, 0.25) is 0 Å². The molecule has 100 valence electrons. The highest BCUT2D eigenvalue weighted by Gasteiger charge is 2.24. The summed E-state index contributed by atoms with van der Waals surface area (Å²) in [6.07, 6.45) is 4.66. The van der Waals surface area contributed by atoms with Crippen molar-refractivity contribution in [1.82, 2.24) is 15.3 Å². The van der Waals surface area contributed by atoms with Gasteiger partial charge in [0.05, 0.1) is 5.69 Å². The van der Waals surface area contributed by atoms with Gasteiger partial charge in [-0.1, -0.05) is 6.92 Å². The summed E-state index contributed by atoms with van der Waals surface area (Å²) in [5, 5.41) is 3.37. The largest absolute Gasteiger partial charge is 0.350 e. The van der Waals surface area contributed by atoms with Gasteiger partial charge in [0.15, 0.2) is 11.6 Å². The number of piperidine rings is 1. The van der Waals surface area contributed by atoms with Crippen molar-refractivity contribution in [3.8, 4) is 0 Å². The van der Waals surface area contributed by atoms with Crippen LogP contribution in [-0.4, -0.2) is 35.6 Å². The monoisotopic (exact) mass is 252 g/mol. The van der Waals surface area contributed by atoms with Crippen LogP contribution < -0.4 is 10.2 Å².